The molecule has 0 radical (unpaired) electrons. The van der Waals surface area contributed by atoms with E-state index in [9.17, 15) is 5.26 Å². The van der Waals surface area contributed by atoms with Crippen molar-refractivity contribution in [1.82, 2.24) is 9.13 Å². The minimum atomic E-state index is 0.472. The quantitative estimate of drug-likeness (QED) is 0.166. The largest absolute Gasteiger partial charge is 0.309 e. The molecule has 0 bridgehead atoms. The molecule has 0 saturated heterocycles. The lowest BCUT2D eigenvalue weighted by Gasteiger charge is -2.18. The van der Waals surface area contributed by atoms with Crippen LogP contribution < -0.4 is 0 Å². The Hall–Kier alpha value is -7.66. The molecule has 0 saturated carbocycles. The van der Waals surface area contributed by atoms with E-state index in [-0.39, 0.29) is 0 Å². The molecule has 0 spiro atoms. The van der Waals surface area contributed by atoms with Gasteiger partial charge in [0.05, 0.1) is 40.3 Å². The molecule has 2 heterocycles. The molecule has 0 aliphatic carbocycles. The lowest BCUT2D eigenvalue weighted by atomic mass is 9.85. The number of para-hydroxylation sites is 3. The molecule has 2 aromatic heterocycles. The van der Waals surface area contributed by atoms with Gasteiger partial charge in [0.2, 0.25) is 5.69 Å². The first-order chi connectivity index (χ1) is 26.8. The Kier molecular flexibility index (Phi) is 7.22. The SMILES string of the molecule is [C-]#[N+]c1c(-c2ccccc2)cc(-c2cccc3c2c2c4c5ccccc5n(-c5ccccc5)c4ccc2n3-c2ccccc2)c(C#N)c1-c1ccccc1. The summed E-state index contributed by atoms with van der Waals surface area (Å²) in [5.74, 6) is 0. The molecule has 0 atom stereocenters. The molecule has 8 aromatic carbocycles. The maximum Gasteiger partial charge on any atom is 0.203 e. The third-order valence-electron chi connectivity index (χ3n) is 10.6. The van der Waals surface area contributed by atoms with E-state index in [2.05, 4.69) is 135 Å². The van der Waals surface area contributed by atoms with E-state index in [1.54, 1.807) is 0 Å². The van der Waals surface area contributed by atoms with E-state index in [0.717, 1.165) is 82.8 Å². The van der Waals surface area contributed by atoms with Crippen molar-refractivity contribution in [1.29, 1.82) is 5.26 Å². The normalized spacial score (nSPS) is 11.3. The minimum Gasteiger partial charge on any atom is -0.309 e. The van der Waals surface area contributed by atoms with Crippen LogP contribution in [-0.4, -0.2) is 9.13 Å². The van der Waals surface area contributed by atoms with Gasteiger partial charge in [0.25, 0.3) is 0 Å². The Balaban J connectivity index is 1.43. The van der Waals surface area contributed by atoms with Crippen LogP contribution in [0.25, 0.3) is 93.2 Å². The lowest BCUT2D eigenvalue weighted by Crippen LogP contribution is -1.95. The van der Waals surface area contributed by atoms with Gasteiger partial charge < -0.3 is 9.13 Å². The first-order valence-electron chi connectivity index (χ1n) is 18.0. The molecule has 54 heavy (non-hydrogen) atoms. The second kappa shape index (κ2) is 12.5. The van der Waals surface area contributed by atoms with Gasteiger partial charge in [0.1, 0.15) is 0 Å². The zero-order valence-electron chi connectivity index (χ0n) is 29.1. The van der Waals surface area contributed by atoms with E-state index < -0.39 is 0 Å². The van der Waals surface area contributed by atoms with E-state index in [4.69, 9.17) is 6.57 Å². The van der Waals surface area contributed by atoms with Crippen LogP contribution in [-0.2, 0) is 0 Å². The summed E-state index contributed by atoms with van der Waals surface area (Å²) in [6.07, 6.45) is 0. The Morgan fingerprint density at radius 3 is 1.59 bits per heavy atom. The fourth-order valence-electron chi connectivity index (χ4n) is 8.38. The molecular formula is C50H30N4. The van der Waals surface area contributed by atoms with Crippen LogP contribution in [0.15, 0.2) is 182 Å². The van der Waals surface area contributed by atoms with Crippen LogP contribution in [0.5, 0.6) is 0 Å². The molecule has 4 nitrogen and oxygen atoms in total. The van der Waals surface area contributed by atoms with Gasteiger partial charge in [0.15, 0.2) is 0 Å². The van der Waals surface area contributed by atoms with Gasteiger partial charge in [-0.15, -0.1) is 0 Å². The average Bonchev–Trinajstić information content (AvgIpc) is 3.77. The maximum absolute atomic E-state index is 11.2. The van der Waals surface area contributed by atoms with Crippen LogP contribution >= 0.6 is 0 Å². The molecular weight excluding hydrogens is 657 g/mol. The highest BCUT2D eigenvalue weighted by Gasteiger charge is 2.26. The topological polar surface area (TPSA) is 38.0 Å². The summed E-state index contributed by atoms with van der Waals surface area (Å²) in [6, 6.07) is 65.2. The number of fused-ring (bicyclic) bond motifs is 7. The number of hydrogen-bond donors (Lipinski definition) is 0. The summed E-state index contributed by atoms with van der Waals surface area (Å²) in [5.41, 5.74) is 12.4. The zero-order valence-corrected chi connectivity index (χ0v) is 29.1. The van der Waals surface area contributed by atoms with Crippen molar-refractivity contribution >= 4 is 49.3 Å². The predicted octanol–water partition coefficient (Wildman–Crippen LogP) is 13.3. The maximum atomic E-state index is 11.2. The molecule has 0 fully saturated rings. The van der Waals surface area contributed by atoms with E-state index in [1.165, 1.54) is 0 Å². The van der Waals surface area contributed by atoms with Crippen molar-refractivity contribution in [2.45, 2.75) is 0 Å². The van der Waals surface area contributed by atoms with Crippen LogP contribution in [0.3, 0.4) is 0 Å². The van der Waals surface area contributed by atoms with Gasteiger partial charge in [-0.05, 0) is 76.3 Å². The first-order valence-corrected chi connectivity index (χ1v) is 18.0. The fraction of sp³-hybridized carbons (Fsp3) is 0. The highest BCUT2D eigenvalue weighted by Crippen LogP contribution is 2.50. The summed E-state index contributed by atoms with van der Waals surface area (Å²) in [4.78, 5) is 4.12. The summed E-state index contributed by atoms with van der Waals surface area (Å²) in [6.45, 7) is 8.46. The molecule has 250 valence electrons. The Labute approximate surface area is 312 Å². The van der Waals surface area contributed by atoms with Crippen LogP contribution in [0, 0.1) is 17.9 Å². The van der Waals surface area contributed by atoms with Crippen molar-refractivity contribution in [3.8, 4) is 50.8 Å². The van der Waals surface area contributed by atoms with Gasteiger partial charge >= 0.3 is 0 Å². The standard InChI is InChI=1S/C50H30N4/c1-52-50-39(33-17-6-2-7-18-33)31-40(41(32-51)46(50)34-19-8-3-9-20-34)37-26-16-28-43-47(37)49-45(54(43)36-23-12-5-13-24-36)30-29-44-48(49)38-25-14-15-27-42(38)53(44)35-21-10-4-11-22-35/h2-31H. The van der Waals surface area contributed by atoms with Crippen molar-refractivity contribution in [3.05, 3.63) is 199 Å². The third-order valence-corrected chi connectivity index (χ3v) is 10.6. The molecule has 10 aromatic rings. The third kappa shape index (κ3) is 4.61. The Morgan fingerprint density at radius 2 is 0.963 bits per heavy atom. The molecule has 0 aliphatic rings. The van der Waals surface area contributed by atoms with Crippen LogP contribution in [0.4, 0.5) is 5.69 Å². The average molecular weight is 687 g/mol. The first kappa shape index (κ1) is 31.1. The monoisotopic (exact) mass is 686 g/mol. The molecule has 0 unspecified atom stereocenters. The summed E-state index contributed by atoms with van der Waals surface area (Å²) < 4.78 is 4.70. The zero-order chi connectivity index (χ0) is 36.2. The second-order valence-corrected chi connectivity index (χ2v) is 13.4. The summed E-state index contributed by atoms with van der Waals surface area (Å²) >= 11 is 0. The van der Waals surface area contributed by atoms with Crippen LogP contribution in [0.2, 0.25) is 0 Å². The highest BCUT2D eigenvalue weighted by atomic mass is 15.0. The molecule has 10 rings (SSSR count). The van der Waals surface area contributed by atoms with Gasteiger partial charge in [0, 0.05) is 38.5 Å². The molecule has 4 heteroatoms. The smallest absolute Gasteiger partial charge is 0.203 e. The van der Waals surface area contributed by atoms with Crippen molar-refractivity contribution in [3.63, 3.8) is 0 Å². The Bertz CT molecular complexity index is 3140. The molecule has 0 amide bonds. The van der Waals surface area contributed by atoms with E-state index >= 15 is 0 Å². The lowest BCUT2D eigenvalue weighted by molar-refractivity contribution is 1.17. The Morgan fingerprint density at radius 1 is 0.444 bits per heavy atom. The molecule has 0 N–H and O–H groups in total. The number of aromatic nitrogens is 2. The summed E-state index contributed by atoms with van der Waals surface area (Å²) in [5, 5.41) is 15.6. The predicted molar refractivity (Wildman–Crippen MR) is 222 cm³/mol. The second-order valence-electron chi connectivity index (χ2n) is 13.4. The minimum absolute atomic E-state index is 0.472. The van der Waals surface area contributed by atoms with Gasteiger partial charge in [-0.3, -0.25) is 0 Å². The summed E-state index contributed by atoms with van der Waals surface area (Å²) in [7, 11) is 0. The van der Waals surface area contributed by atoms with Crippen LogP contribution in [0.1, 0.15) is 5.56 Å². The fourth-order valence-corrected chi connectivity index (χ4v) is 8.38. The highest BCUT2D eigenvalue weighted by molar-refractivity contribution is 6.31. The number of hydrogen-bond acceptors (Lipinski definition) is 1. The van der Waals surface area contributed by atoms with Crippen molar-refractivity contribution in [2.24, 2.45) is 0 Å². The molecule has 0 aliphatic heterocycles. The van der Waals surface area contributed by atoms with Gasteiger partial charge in [-0.25, -0.2) is 4.85 Å². The number of benzene rings is 8. The van der Waals surface area contributed by atoms with Crippen molar-refractivity contribution in [2.75, 3.05) is 0 Å². The number of nitrogens with zero attached hydrogens (tertiary/aromatic N) is 4. The van der Waals surface area contributed by atoms with E-state index in [1.807, 2.05) is 66.7 Å². The number of nitriles is 1. The van der Waals surface area contributed by atoms with Gasteiger partial charge in [-0.1, -0.05) is 133 Å². The number of rotatable bonds is 5. The van der Waals surface area contributed by atoms with Crippen molar-refractivity contribution < 1.29 is 0 Å². The van der Waals surface area contributed by atoms with Gasteiger partial charge in [-0.2, -0.15) is 5.26 Å². The van der Waals surface area contributed by atoms with E-state index in [0.29, 0.717) is 16.8 Å².